The summed E-state index contributed by atoms with van der Waals surface area (Å²) in [5.41, 5.74) is 6.35. The van der Waals surface area contributed by atoms with Gasteiger partial charge in [0, 0.05) is 74.2 Å². The summed E-state index contributed by atoms with van der Waals surface area (Å²) in [5.74, 6) is 0.0226. The Morgan fingerprint density at radius 1 is 1.06 bits per heavy atom. The smallest absolute Gasteiger partial charge is 0.253 e. The topological polar surface area (TPSA) is 53.4 Å². The molecule has 1 fully saturated rings. The van der Waals surface area contributed by atoms with Crippen LogP contribution >= 0.6 is 0 Å². The Hall–Kier alpha value is -2.86. The number of carbonyl (C=O) groups excluding carboxylic acids is 1. The van der Waals surface area contributed by atoms with Gasteiger partial charge < -0.3 is 14.8 Å². The molecule has 4 rings (SSSR count). The number of rotatable bonds is 5. The average Bonchev–Trinajstić information content (AvgIpc) is 3.09. The molecule has 0 aliphatic carbocycles. The fraction of sp³-hybridized carbons (Fsp3) is 0.481. The van der Waals surface area contributed by atoms with Crippen LogP contribution in [0.15, 0.2) is 36.4 Å². The summed E-state index contributed by atoms with van der Waals surface area (Å²) < 4.78 is 2.14. The van der Waals surface area contributed by atoms with Crippen molar-refractivity contribution in [3.05, 3.63) is 59.0 Å². The predicted molar refractivity (Wildman–Crippen MR) is 136 cm³/mol. The van der Waals surface area contributed by atoms with E-state index in [-0.39, 0.29) is 11.3 Å². The highest BCUT2D eigenvalue weighted by Gasteiger charge is 2.24. The van der Waals surface area contributed by atoms with Gasteiger partial charge in [-0.2, -0.15) is 0 Å². The number of aryl methyl sites for hydroxylation is 1. The van der Waals surface area contributed by atoms with Crippen molar-refractivity contribution >= 4 is 22.5 Å². The Balaban J connectivity index is 1.31. The molecule has 33 heavy (non-hydrogen) atoms. The molecule has 1 aromatic carbocycles. The second-order valence-corrected chi connectivity index (χ2v) is 10.2. The van der Waals surface area contributed by atoms with Gasteiger partial charge in [-0.1, -0.05) is 39.0 Å². The molecule has 0 saturated carbocycles. The molecule has 0 radical (unpaired) electrons. The molecule has 2 aromatic heterocycles. The van der Waals surface area contributed by atoms with Crippen LogP contribution in [0.4, 0.5) is 5.69 Å². The van der Waals surface area contributed by atoms with E-state index >= 15 is 0 Å². The maximum Gasteiger partial charge on any atom is 0.253 e. The Morgan fingerprint density at radius 3 is 2.45 bits per heavy atom. The molecule has 1 amide bonds. The van der Waals surface area contributed by atoms with Crippen LogP contribution in [0.3, 0.4) is 0 Å². The van der Waals surface area contributed by atoms with E-state index in [4.69, 9.17) is 4.98 Å². The first-order valence-electron chi connectivity index (χ1n) is 11.9. The molecule has 1 saturated heterocycles. The maximum atomic E-state index is 12.8. The summed E-state index contributed by atoms with van der Waals surface area (Å²) >= 11 is 0. The number of pyridine rings is 1. The molecule has 6 heteroatoms. The first kappa shape index (κ1) is 23.3. The van der Waals surface area contributed by atoms with Crippen molar-refractivity contribution in [2.24, 2.45) is 7.05 Å². The molecular formula is C27H37N5O. The number of amides is 1. The van der Waals surface area contributed by atoms with Crippen molar-refractivity contribution in [1.82, 2.24) is 19.8 Å². The molecule has 176 valence electrons. The average molecular weight is 448 g/mol. The summed E-state index contributed by atoms with van der Waals surface area (Å²) in [7, 11) is 2.04. The van der Waals surface area contributed by atoms with E-state index in [2.05, 4.69) is 70.8 Å². The fourth-order valence-electron chi connectivity index (χ4n) is 4.77. The molecule has 0 unspecified atom stereocenters. The lowest BCUT2D eigenvalue weighted by Gasteiger charge is -2.36. The third-order valence-corrected chi connectivity index (χ3v) is 6.81. The molecule has 6 nitrogen and oxygen atoms in total. The van der Waals surface area contributed by atoms with Crippen molar-refractivity contribution in [1.29, 1.82) is 0 Å². The number of aromatic nitrogens is 2. The highest BCUT2D eigenvalue weighted by molar-refractivity contribution is 5.95. The fourth-order valence-corrected chi connectivity index (χ4v) is 4.77. The van der Waals surface area contributed by atoms with Gasteiger partial charge >= 0.3 is 0 Å². The quantitative estimate of drug-likeness (QED) is 0.641. The third kappa shape index (κ3) is 4.91. The van der Waals surface area contributed by atoms with Crippen molar-refractivity contribution in [2.75, 3.05) is 44.2 Å². The molecule has 1 aliphatic rings. The van der Waals surface area contributed by atoms with Crippen LogP contribution in [0.2, 0.25) is 0 Å². The van der Waals surface area contributed by atoms with Gasteiger partial charge in [0.05, 0.1) is 16.8 Å². The summed E-state index contributed by atoms with van der Waals surface area (Å²) in [6.07, 6.45) is 0. The zero-order valence-corrected chi connectivity index (χ0v) is 20.9. The van der Waals surface area contributed by atoms with E-state index in [1.54, 1.807) is 0 Å². The van der Waals surface area contributed by atoms with Crippen LogP contribution in [0, 0.1) is 13.8 Å². The molecule has 0 atom stereocenters. The van der Waals surface area contributed by atoms with Crippen LogP contribution in [0.25, 0.3) is 10.9 Å². The number of para-hydroxylation sites is 1. The lowest BCUT2D eigenvalue weighted by Crippen LogP contribution is -2.48. The van der Waals surface area contributed by atoms with Gasteiger partial charge in [0.1, 0.15) is 0 Å². The number of hydrogen-bond donors (Lipinski definition) is 1. The van der Waals surface area contributed by atoms with E-state index in [9.17, 15) is 4.79 Å². The van der Waals surface area contributed by atoms with Gasteiger partial charge in [-0.05, 0) is 32.0 Å². The second kappa shape index (κ2) is 9.18. The van der Waals surface area contributed by atoms with Crippen molar-refractivity contribution in [2.45, 2.75) is 40.0 Å². The minimum absolute atomic E-state index is 0.00993. The number of fused-ring (bicyclic) bond motifs is 1. The van der Waals surface area contributed by atoms with E-state index in [1.165, 1.54) is 16.8 Å². The zero-order valence-electron chi connectivity index (χ0n) is 20.9. The summed E-state index contributed by atoms with van der Waals surface area (Å²) in [4.78, 5) is 22.5. The standard InChI is InChI=1S/C27H37N5O/c1-19-10-11-21-8-7-9-23(25(21)29-19)32-16-14-31(15-17-32)13-12-28-26(33)22-18-24(27(3,4)5)30(6)20(22)2/h7-11,18H,12-17H2,1-6H3,(H,28,33). The minimum atomic E-state index is 0.00993. The second-order valence-electron chi connectivity index (χ2n) is 10.2. The van der Waals surface area contributed by atoms with E-state index in [1.807, 2.05) is 27.0 Å². The summed E-state index contributed by atoms with van der Waals surface area (Å²) in [6, 6.07) is 12.7. The highest BCUT2D eigenvalue weighted by Crippen LogP contribution is 2.27. The molecule has 3 heterocycles. The Labute approximate surface area is 197 Å². The third-order valence-electron chi connectivity index (χ3n) is 6.81. The number of benzene rings is 1. The summed E-state index contributed by atoms with van der Waals surface area (Å²) in [5, 5.41) is 4.32. The Morgan fingerprint density at radius 2 is 1.79 bits per heavy atom. The first-order valence-corrected chi connectivity index (χ1v) is 11.9. The largest absolute Gasteiger partial charge is 0.367 e. The number of anilines is 1. The number of piperazine rings is 1. The van der Waals surface area contributed by atoms with Crippen LogP contribution in [0.5, 0.6) is 0 Å². The predicted octanol–water partition coefficient (Wildman–Crippen LogP) is 4.04. The van der Waals surface area contributed by atoms with Crippen molar-refractivity contribution < 1.29 is 4.79 Å². The van der Waals surface area contributed by atoms with Gasteiger partial charge in [-0.3, -0.25) is 14.7 Å². The number of carbonyl (C=O) groups is 1. The van der Waals surface area contributed by atoms with Crippen LogP contribution in [0.1, 0.15) is 48.2 Å². The molecule has 0 bridgehead atoms. The van der Waals surface area contributed by atoms with Crippen LogP contribution in [-0.2, 0) is 12.5 Å². The van der Waals surface area contributed by atoms with Crippen molar-refractivity contribution in [3.63, 3.8) is 0 Å². The van der Waals surface area contributed by atoms with Gasteiger partial charge in [-0.25, -0.2) is 0 Å². The van der Waals surface area contributed by atoms with Gasteiger partial charge in [-0.15, -0.1) is 0 Å². The minimum Gasteiger partial charge on any atom is -0.367 e. The molecular weight excluding hydrogens is 410 g/mol. The van der Waals surface area contributed by atoms with E-state index in [0.29, 0.717) is 6.54 Å². The van der Waals surface area contributed by atoms with E-state index < -0.39 is 0 Å². The summed E-state index contributed by atoms with van der Waals surface area (Å²) in [6.45, 7) is 16.0. The molecule has 0 spiro atoms. The first-order chi connectivity index (χ1) is 15.6. The lowest BCUT2D eigenvalue weighted by molar-refractivity contribution is 0.0947. The Kier molecular flexibility index (Phi) is 6.48. The molecule has 3 aromatic rings. The maximum absolute atomic E-state index is 12.8. The molecule has 1 N–H and O–H groups in total. The van der Waals surface area contributed by atoms with Crippen LogP contribution in [-0.4, -0.2) is 59.6 Å². The number of hydrogen-bond acceptors (Lipinski definition) is 4. The van der Waals surface area contributed by atoms with Crippen LogP contribution < -0.4 is 10.2 Å². The number of nitrogens with zero attached hydrogens (tertiary/aromatic N) is 4. The van der Waals surface area contributed by atoms with Gasteiger partial charge in [0.2, 0.25) is 0 Å². The van der Waals surface area contributed by atoms with Crippen molar-refractivity contribution in [3.8, 4) is 0 Å². The normalized spacial score (nSPS) is 15.3. The van der Waals surface area contributed by atoms with Gasteiger partial charge in [0.25, 0.3) is 5.91 Å². The van der Waals surface area contributed by atoms with E-state index in [0.717, 1.165) is 55.2 Å². The van der Waals surface area contributed by atoms with Gasteiger partial charge in [0.15, 0.2) is 0 Å². The SMILES string of the molecule is Cc1ccc2cccc(N3CCN(CCNC(=O)c4cc(C(C)(C)C)n(C)c4C)CC3)c2n1. The Bertz CT molecular complexity index is 1150. The lowest BCUT2D eigenvalue weighted by atomic mass is 9.92. The monoisotopic (exact) mass is 447 g/mol. The zero-order chi connectivity index (χ0) is 23.8. The highest BCUT2D eigenvalue weighted by atomic mass is 16.1. The molecule has 1 aliphatic heterocycles. The number of nitrogens with one attached hydrogen (secondary N) is 1.